The highest BCUT2D eigenvalue weighted by Crippen LogP contribution is 2.31. The van der Waals surface area contributed by atoms with E-state index in [1.807, 2.05) is 6.92 Å². The van der Waals surface area contributed by atoms with Gasteiger partial charge in [0.15, 0.2) is 11.5 Å². The van der Waals surface area contributed by atoms with Gasteiger partial charge in [-0.05, 0) is 42.3 Å². The van der Waals surface area contributed by atoms with Crippen molar-refractivity contribution in [3.63, 3.8) is 0 Å². The van der Waals surface area contributed by atoms with Gasteiger partial charge in [-0.1, -0.05) is 12.1 Å². The molecular weight excluding hydrogens is 404 g/mol. The standard InChI is InChI=1S/C19H16FN5O.2ClH/c1-11-5-15-16(7-13(11)8-21)24-25-17(15)23-18(26)12-3-2-4-14(6-12)19(20)9-22-10-19;;/h2-7,22H,9-10H2,1H3,(H2,23,24,25,26);2*1H. The largest absolute Gasteiger partial charge is 0.310 e. The monoisotopic (exact) mass is 421 g/mol. The van der Waals surface area contributed by atoms with Crippen molar-refractivity contribution in [1.29, 1.82) is 5.26 Å². The summed E-state index contributed by atoms with van der Waals surface area (Å²) in [5, 5.41) is 22.4. The van der Waals surface area contributed by atoms with Crippen LogP contribution in [0, 0.1) is 18.3 Å². The molecule has 2 heterocycles. The first-order chi connectivity index (χ1) is 12.5. The lowest BCUT2D eigenvalue weighted by atomic mass is 9.89. The van der Waals surface area contributed by atoms with Crippen LogP contribution in [0.2, 0.25) is 0 Å². The molecule has 3 N–H and O–H groups in total. The first kappa shape index (κ1) is 21.6. The molecule has 6 nitrogen and oxygen atoms in total. The first-order valence-corrected chi connectivity index (χ1v) is 8.20. The number of nitrogens with zero attached hydrogens (tertiary/aromatic N) is 2. The number of carbonyl (C=O) groups excluding carboxylic acids is 1. The Kier molecular flexibility index (Phi) is 6.30. The van der Waals surface area contributed by atoms with Gasteiger partial charge in [0, 0.05) is 24.0 Å². The molecule has 0 unspecified atom stereocenters. The van der Waals surface area contributed by atoms with Crippen LogP contribution in [-0.4, -0.2) is 29.2 Å². The number of benzene rings is 2. The molecular formula is C19H18Cl2FN5O. The van der Waals surface area contributed by atoms with Crippen molar-refractivity contribution in [3.05, 3.63) is 58.7 Å². The number of aromatic amines is 1. The van der Waals surface area contributed by atoms with Gasteiger partial charge in [0.1, 0.15) is 0 Å². The molecule has 1 aromatic heterocycles. The number of aryl methyl sites for hydroxylation is 1. The van der Waals surface area contributed by atoms with E-state index in [-0.39, 0.29) is 43.8 Å². The molecule has 4 rings (SSSR count). The third-order valence-corrected chi connectivity index (χ3v) is 4.71. The summed E-state index contributed by atoms with van der Waals surface area (Å²) in [6, 6.07) is 12.2. The Hall–Kier alpha value is -2.66. The number of anilines is 1. The number of halogens is 3. The van der Waals surface area contributed by atoms with E-state index in [1.54, 1.807) is 36.4 Å². The molecule has 1 saturated heterocycles. The third-order valence-electron chi connectivity index (χ3n) is 4.71. The summed E-state index contributed by atoms with van der Waals surface area (Å²) < 4.78 is 14.5. The Bertz CT molecular complexity index is 1070. The second-order valence-corrected chi connectivity index (χ2v) is 6.50. The minimum absolute atomic E-state index is 0. The number of fused-ring (bicyclic) bond motifs is 1. The normalized spacial score (nSPS) is 14.2. The molecule has 0 bridgehead atoms. The number of nitriles is 1. The number of hydrogen-bond donors (Lipinski definition) is 3. The Labute approximate surface area is 173 Å². The zero-order chi connectivity index (χ0) is 18.3. The predicted molar refractivity (Wildman–Crippen MR) is 110 cm³/mol. The highest BCUT2D eigenvalue weighted by Gasteiger charge is 2.39. The highest BCUT2D eigenvalue weighted by molar-refractivity contribution is 6.08. The van der Waals surface area contributed by atoms with Crippen molar-refractivity contribution < 1.29 is 9.18 Å². The topological polar surface area (TPSA) is 93.6 Å². The van der Waals surface area contributed by atoms with Crippen LogP contribution >= 0.6 is 24.8 Å². The molecule has 0 spiro atoms. The van der Waals surface area contributed by atoms with Gasteiger partial charge in [-0.3, -0.25) is 9.89 Å². The van der Waals surface area contributed by atoms with Crippen molar-refractivity contribution in [2.45, 2.75) is 12.6 Å². The second kappa shape index (κ2) is 8.15. The van der Waals surface area contributed by atoms with Gasteiger partial charge >= 0.3 is 0 Å². The van der Waals surface area contributed by atoms with Crippen molar-refractivity contribution in [2.24, 2.45) is 0 Å². The molecule has 146 valence electrons. The number of nitrogens with one attached hydrogen (secondary N) is 3. The zero-order valence-electron chi connectivity index (χ0n) is 14.9. The first-order valence-electron chi connectivity index (χ1n) is 8.20. The molecule has 9 heteroatoms. The number of hydrogen-bond acceptors (Lipinski definition) is 4. The fourth-order valence-electron chi connectivity index (χ4n) is 3.06. The van der Waals surface area contributed by atoms with Gasteiger partial charge in [-0.25, -0.2) is 4.39 Å². The zero-order valence-corrected chi connectivity index (χ0v) is 16.5. The maximum atomic E-state index is 14.5. The summed E-state index contributed by atoms with van der Waals surface area (Å²) in [5.41, 5.74) is 1.46. The van der Waals surface area contributed by atoms with E-state index >= 15 is 0 Å². The molecule has 0 aliphatic carbocycles. The summed E-state index contributed by atoms with van der Waals surface area (Å²) in [5.74, 6) is 0.0152. The van der Waals surface area contributed by atoms with Gasteiger partial charge in [0.05, 0.1) is 17.1 Å². The van der Waals surface area contributed by atoms with E-state index in [0.717, 1.165) is 10.9 Å². The second-order valence-electron chi connectivity index (χ2n) is 6.50. The Balaban J connectivity index is 0.00000140. The van der Waals surface area contributed by atoms with E-state index in [0.29, 0.717) is 28.0 Å². The summed E-state index contributed by atoms with van der Waals surface area (Å²) in [6.07, 6.45) is 0. The maximum Gasteiger partial charge on any atom is 0.256 e. The highest BCUT2D eigenvalue weighted by atomic mass is 35.5. The minimum Gasteiger partial charge on any atom is -0.310 e. The van der Waals surface area contributed by atoms with Crippen molar-refractivity contribution >= 4 is 47.4 Å². The summed E-state index contributed by atoms with van der Waals surface area (Å²) in [7, 11) is 0. The lowest BCUT2D eigenvalue weighted by molar-refractivity contribution is 0.0889. The lowest BCUT2D eigenvalue weighted by Gasteiger charge is -2.35. The van der Waals surface area contributed by atoms with E-state index in [4.69, 9.17) is 5.26 Å². The predicted octanol–water partition coefficient (Wildman–Crippen LogP) is 3.61. The van der Waals surface area contributed by atoms with Crippen molar-refractivity contribution in [3.8, 4) is 6.07 Å². The molecule has 1 amide bonds. The van der Waals surface area contributed by atoms with Crippen molar-refractivity contribution in [1.82, 2.24) is 15.5 Å². The quantitative estimate of drug-likeness (QED) is 0.601. The van der Waals surface area contributed by atoms with Crippen LogP contribution in [0.4, 0.5) is 10.2 Å². The van der Waals surface area contributed by atoms with E-state index < -0.39 is 5.67 Å². The molecule has 0 atom stereocenters. The lowest BCUT2D eigenvalue weighted by Crippen LogP contribution is -2.53. The summed E-state index contributed by atoms with van der Waals surface area (Å²) in [4.78, 5) is 12.6. The Morgan fingerprint density at radius 1 is 1.29 bits per heavy atom. The van der Waals surface area contributed by atoms with Gasteiger partial charge in [-0.2, -0.15) is 10.4 Å². The van der Waals surface area contributed by atoms with Crippen LogP contribution in [0.15, 0.2) is 36.4 Å². The van der Waals surface area contributed by atoms with Gasteiger partial charge < -0.3 is 10.6 Å². The third kappa shape index (κ3) is 3.67. The number of alkyl halides is 1. The number of amides is 1. The van der Waals surface area contributed by atoms with Crippen LogP contribution in [0.5, 0.6) is 0 Å². The fourth-order valence-corrected chi connectivity index (χ4v) is 3.06. The SMILES string of the molecule is Cc1cc2c(NC(=O)c3cccc(C4(F)CNC4)c3)n[nH]c2cc1C#N.Cl.Cl. The van der Waals surface area contributed by atoms with Crippen LogP contribution in [0.25, 0.3) is 10.9 Å². The molecule has 0 saturated carbocycles. The summed E-state index contributed by atoms with van der Waals surface area (Å²) in [6.45, 7) is 2.33. The fraction of sp³-hybridized carbons (Fsp3) is 0.211. The van der Waals surface area contributed by atoms with E-state index in [1.165, 1.54) is 0 Å². The smallest absolute Gasteiger partial charge is 0.256 e. The van der Waals surface area contributed by atoms with E-state index in [2.05, 4.69) is 26.9 Å². The number of aromatic nitrogens is 2. The Morgan fingerprint density at radius 2 is 2.04 bits per heavy atom. The van der Waals surface area contributed by atoms with Crippen LogP contribution < -0.4 is 10.6 Å². The number of carbonyl (C=O) groups is 1. The molecule has 1 aliphatic heterocycles. The van der Waals surface area contributed by atoms with Gasteiger partial charge in [0.2, 0.25) is 0 Å². The molecule has 28 heavy (non-hydrogen) atoms. The molecule has 1 aliphatic rings. The molecule has 0 radical (unpaired) electrons. The average molecular weight is 422 g/mol. The van der Waals surface area contributed by atoms with Gasteiger partial charge in [-0.15, -0.1) is 24.8 Å². The van der Waals surface area contributed by atoms with Gasteiger partial charge in [0.25, 0.3) is 5.91 Å². The van der Waals surface area contributed by atoms with Crippen LogP contribution in [0.3, 0.4) is 0 Å². The Morgan fingerprint density at radius 3 is 2.68 bits per heavy atom. The molecule has 3 aromatic rings. The minimum atomic E-state index is -1.42. The number of rotatable bonds is 3. The molecule has 1 fully saturated rings. The average Bonchev–Trinajstić information content (AvgIpc) is 3.00. The maximum absolute atomic E-state index is 14.5. The number of H-pyrrole nitrogens is 1. The summed E-state index contributed by atoms with van der Waals surface area (Å²) >= 11 is 0. The van der Waals surface area contributed by atoms with Crippen LogP contribution in [0.1, 0.15) is 27.0 Å². The van der Waals surface area contributed by atoms with Crippen molar-refractivity contribution in [2.75, 3.05) is 18.4 Å². The molecule has 2 aromatic carbocycles. The van der Waals surface area contributed by atoms with E-state index in [9.17, 15) is 9.18 Å². The van der Waals surface area contributed by atoms with Crippen LogP contribution in [-0.2, 0) is 5.67 Å².